The molecular weight excluding hydrogens is 340 g/mol. The number of likely N-dealkylation sites (N-methyl/N-ethyl adjacent to an activating group) is 1. The molecule has 6 nitrogen and oxygen atoms in total. The second-order valence-electron chi connectivity index (χ2n) is 7.16. The smallest absolute Gasteiger partial charge is 0.240 e. The Hall–Kier alpha value is -1.31. The molecule has 1 N–H and O–H groups in total. The fourth-order valence-corrected chi connectivity index (χ4v) is 4.79. The summed E-state index contributed by atoms with van der Waals surface area (Å²) in [5.74, 6) is 1.51. The summed E-state index contributed by atoms with van der Waals surface area (Å²) in [6.07, 6.45) is 4.32. The van der Waals surface area contributed by atoms with Crippen molar-refractivity contribution in [2.75, 3.05) is 34.9 Å². The molecule has 0 radical (unpaired) electrons. The summed E-state index contributed by atoms with van der Waals surface area (Å²) in [5, 5.41) is 0. The minimum atomic E-state index is -3.62. The van der Waals surface area contributed by atoms with Gasteiger partial charge in [0, 0.05) is 18.2 Å². The van der Waals surface area contributed by atoms with Crippen LogP contribution in [0.15, 0.2) is 23.1 Å². The highest BCUT2D eigenvalue weighted by molar-refractivity contribution is 7.89. The maximum Gasteiger partial charge on any atom is 0.240 e. The predicted molar refractivity (Wildman–Crippen MR) is 98.8 cm³/mol. The van der Waals surface area contributed by atoms with Gasteiger partial charge in [0.2, 0.25) is 10.0 Å². The molecule has 142 valence electrons. The van der Waals surface area contributed by atoms with Crippen molar-refractivity contribution in [1.29, 1.82) is 0 Å². The molecule has 0 aromatic heterocycles. The Bertz CT molecular complexity index is 690. The van der Waals surface area contributed by atoms with Gasteiger partial charge >= 0.3 is 0 Å². The quantitative estimate of drug-likeness (QED) is 0.799. The lowest BCUT2D eigenvalue weighted by molar-refractivity contribution is 0.0805. The number of rotatable bonds is 7. The molecule has 0 amide bonds. The minimum absolute atomic E-state index is 0.138. The van der Waals surface area contributed by atoms with Gasteiger partial charge in [0.05, 0.1) is 19.1 Å². The van der Waals surface area contributed by atoms with Gasteiger partial charge in [-0.25, -0.2) is 13.1 Å². The van der Waals surface area contributed by atoms with Crippen LogP contribution in [-0.2, 0) is 10.0 Å². The van der Waals surface area contributed by atoms with Crippen LogP contribution < -0.4 is 14.2 Å². The number of nitrogens with zero attached hydrogens (tertiary/aromatic N) is 1. The van der Waals surface area contributed by atoms with Gasteiger partial charge in [0.15, 0.2) is 11.5 Å². The molecule has 1 aliphatic carbocycles. The first kappa shape index (κ1) is 20.0. The molecule has 0 heterocycles. The van der Waals surface area contributed by atoms with Crippen molar-refractivity contribution in [1.82, 2.24) is 9.62 Å². The first-order valence-corrected chi connectivity index (χ1v) is 10.1. The summed E-state index contributed by atoms with van der Waals surface area (Å²) in [4.78, 5) is 2.35. The molecule has 1 aliphatic rings. The predicted octanol–water partition coefficient (Wildman–Crippen LogP) is 2.49. The largest absolute Gasteiger partial charge is 0.493 e. The number of hydrogen-bond acceptors (Lipinski definition) is 5. The van der Waals surface area contributed by atoms with E-state index in [4.69, 9.17) is 9.47 Å². The zero-order chi connectivity index (χ0) is 18.7. The maximum absolute atomic E-state index is 12.8. The van der Waals surface area contributed by atoms with Crippen LogP contribution in [0.3, 0.4) is 0 Å². The summed E-state index contributed by atoms with van der Waals surface area (Å²) >= 11 is 0. The third kappa shape index (κ3) is 4.46. The molecule has 2 atom stereocenters. The highest BCUT2D eigenvalue weighted by Crippen LogP contribution is 2.36. The molecule has 1 saturated carbocycles. The van der Waals surface area contributed by atoms with E-state index in [9.17, 15) is 8.42 Å². The summed E-state index contributed by atoms with van der Waals surface area (Å²) in [6, 6.07) is 4.64. The van der Waals surface area contributed by atoms with Crippen molar-refractivity contribution < 1.29 is 17.9 Å². The van der Waals surface area contributed by atoms with Crippen LogP contribution >= 0.6 is 0 Å². The molecule has 1 fully saturated rings. The zero-order valence-electron chi connectivity index (χ0n) is 15.8. The second-order valence-corrected chi connectivity index (χ2v) is 8.93. The minimum Gasteiger partial charge on any atom is -0.493 e. The first-order valence-electron chi connectivity index (χ1n) is 8.63. The fraction of sp³-hybridized carbons (Fsp3) is 0.667. The van der Waals surface area contributed by atoms with Crippen LogP contribution in [0.4, 0.5) is 0 Å². The third-order valence-corrected chi connectivity index (χ3v) is 6.67. The van der Waals surface area contributed by atoms with Gasteiger partial charge < -0.3 is 14.4 Å². The fourth-order valence-electron chi connectivity index (χ4n) is 3.65. The molecular formula is C18H30N2O4S. The number of nitrogens with one attached hydrogen (secondary N) is 1. The number of benzene rings is 1. The molecule has 0 aliphatic heterocycles. The van der Waals surface area contributed by atoms with Crippen LogP contribution in [0.5, 0.6) is 11.5 Å². The van der Waals surface area contributed by atoms with Gasteiger partial charge in [-0.3, -0.25) is 0 Å². The van der Waals surface area contributed by atoms with Crippen LogP contribution in [0.1, 0.15) is 32.6 Å². The number of hydrogen-bond donors (Lipinski definition) is 1. The average Bonchev–Trinajstić information content (AvgIpc) is 2.59. The van der Waals surface area contributed by atoms with Gasteiger partial charge in [-0.1, -0.05) is 19.8 Å². The SMILES string of the molecule is COc1ccc(S(=O)(=O)NC[C@@]2(N(C)C)CCC[C@@H](C)C2)cc1OC. The second kappa shape index (κ2) is 7.93. The topological polar surface area (TPSA) is 67.9 Å². The maximum atomic E-state index is 12.8. The lowest BCUT2D eigenvalue weighted by atomic mass is 9.75. The first-order chi connectivity index (χ1) is 11.7. The van der Waals surface area contributed by atoms with E-state index in [2.05, 4.69) is 16.5 Å². The van der Waals surface area contributed by atoms with Crippen molar-refractivity contribution >= 4 is 10.0 Å². The summed E-state index contributed by atoms with van der Waals surface area (Å²) in [6.45, 7) is 2.64. The van der Waals surface area contributed by atoms with E-state index in [1.807, 2.05) is 14.1 Å². The zero-order valence-corrected chi connectivity index (χ0v) is 16.6. The van der Waals surface area contributed by atoms with E-state index in [0.29, 0.717) is 24.0 Å². The van der Waals surface area contributed by atoms with Gasteiger partial charge in [-0.05, 0) is 45.0 Å². The highest BCUT2D eigenvalue weighted by Gasteiger charge is 2.38. The summed E-state index contributed by atoms with van der Waals surface area (Å²) in [7, 11) is 3.46. The van der Waals surface area contributed by atoms with E-state index in [1.165, 1.54) is 32.8 Å². The molecule has 0 spiro atoms. The van der Waals surface area contributed by atoms with Crippen LogP contribution in [0.25, 0.3) is 0 Å². The van der Waals surface area contributed by atoms with Crippen molar-refractivity contribution in [2.45, 2.75) is 43.0 Å². The number of sulfonamides is 1. The lowest BCUT2D eigenvalue weighted by Gasteiger charge is -2.45. The van der Waals surface area contributed by atoms with Gasteiger partial charge in [0.1, 0.15) is 0 Å². The van der Waals surface area contributed by atoms with Crippen LogP contribution in [-0.4, -0.2) is 53.7 Å². The van der Waals surface area contributed by atoms with Gasteiger partial charge in [0.25, 0.3) is 0 Å². The van der Waals surface area contributed by atoms with Crippen LogP contribution in [0, 0.1) is 5.92 Å². The number of methoxy groups -OCH3 is 2. The molecule has 2 rings (SSSR count). The monoisotopic (exact) mass is 370 g/mol. The van der Waals surface area contributed by atoms with Gasteiger partial charge in [-0.15, -0.1) is 0 Å². The van der Waals surface area contributed by atoms with Gasteiger partial charge in [-0.2, -0.15) is 0 Å². The van der Waals surface area contributed by atoms with E-state index in [1.54, 1.807) is 6.07 Å². The van der Waals surface area contributed by atoms with Crippen LogP contribution in [0.2, 0.25) is 0 Å². The summed E-state index contributed by atoms with van der Waals surface area (Å²) < 4.78 is 38.7. The van der Waals surface area contributed by atoms with E-state index in [0.717, 1.165) is 19.3 Å². The molecule has 0 saturated heterocycles. The van der Waals surface area contributed by atoms with Crippen molar-refractivity contribution in [3.63, 3.8) is 0 Å². The Morgan fingerprint density at radius 2 is 1.92 bits per heavy atom. The Labute approximate surface area is 151 Å². The third-order valence-electron chi connectivity index (χ3n) is 5.27. The Morgan fingerprint density at radius 1 is 1.24 bits per heavy atom. The summed E-state index contributed by atoms with van der Waals surface area (Å²) in [5.41, 5.74) is -0.138. The Kier molecular flexibility index (Phi) is 6.35. The molecule has 1 aromatic rings. The van der Waals surface area contributed by atoms with E-state index in [-0.39, 0.29) is 10.4 Å². The lowest BCUT2D eigenvalue weighted by Crippen LogP contribution is -2.55. The van der Waals surface area contributed by atoms with Crippen molar-refractivity contribution in [2.24, 2.45) is 5.92 Å². The molecule has 1 aromatic carbocycles. The standard InChI is InChI=1S/C18H30N2O4S/c1-14-7-6-10-18(12-14,20(2)3)13-19-25(21,22)15-8-9-16(23-4)17(11-15)24-5/h8-9,11,14,19H,6-7,10,12-13H2,1-5H3/t14-,18-/m1/s1. The average molecular weight is 371 g/mol. The van der Waals surface area contributed by atoms with Crippen molar-refractivity contribution in [3.8, 4) is 11.5 Å². The Balaban J connectivity index is 2.20. The molecule has 25 heavy (non-hydrogen) atoms. The number of ether oxygens (including phenoxy) is 2. The van der Waals surface area contributed by atoms with Crippen molar-refractivity contribution in [3.05, 3.63) is 18.2 Å². The molecule has 0 bridgehead atoms. The molecule has 0 unspecified atom stereocenters. The highest BCUT2D eigenvalue weighted by atomic mass is 32.2. The molecule has 7 heteroatoms. The Morgan fingerprint density at radius 3 is 2.48 bits per heavy atom. The normalized spacial score (nSPS) is 24.3. The van der Waals surface area contributed by atoms with E-state index < -0.39 is 10.0 Å². The van der Waals surface area contributed by atoms with E-state index >= 15 is 0 Å².